The Bertz CT molecular complexity index is 351. The lowest BCUT2D eigenvalue weighted by atomic mass is 9.95. The lowest BCUT2D eigenvalue weighted by Crippen LogP contribution is -2.28. The van der Waals surface area contributed by atoms with Crippen molar-refractivity contribution in [3.63, 3.8) is 0 Å². The van der Waals surface area contributed by atoms with Crippen molar-refractivity contribution in [2.24, 2.45) is 0 Å². The molecule has 1 aliphatic rings. The summed E-state index contributed by atoms with van der Waals surface area (Å²) in [6, 6.07) is 3.98. The van der Waals surface area contributed by atoms with E-state index in [-0.39, 0.29) is 6.10 Å². The predicted molar refractivity (Wildman–Crippen MR) is 66.9 cm³/mol. The summed E-state index contributed by atoms with van der Waals surface area (Å²) < 4.78 is 11.0. The maximum absolute atomic E-state index is 5.86. The minimum Gasteiger partial charge on any atom is -0.383 e. The van der Waals surface area contributed by atoms with Crippen molar-refractivity contribution in [2.45, 2.75) is 31.8 Å². The number of rotatable bonds is 4. The van der Waals surface area contributed by atoms with Gasteiger partial charge in [-0.3, -0.25) is 0 Å². The number of nitrogen functional groups attached to an aromatic ring is 1. The molecule has 1 aromatic rings. The van der Waals surface area contributed by atoms with Gasteiger partial charge >= 0.3 is 0 Å². The number of hydrogen-bond acceptors (Lipinski definition) is 4. The fourth-order valence-electron chi connectivity index (χ4n) is 2.14. The summed E-state index contributed by atoms with van der Waals surface area (Å²) in [7, 11) is 0. The largest absolute Gasteiger partial charge is 0.383 e. The van der Waals surface area contributed by atoms with Gasteiger partial charge in [0.25, 0.3) is 0 Å². The van der Waals surface area contributed by atoms with E-state index in [4.69, 9.17) is 15.2 Å². The molecule has 0 spiro atoms. The SMILES string of the molecule is C[C@H](CCC1COCCO1)c1cccnc1N. The number of pyridine rings is 1. The molecule has 2 atom stereocenters. The molecular weight excluding hydrogens is 216 g/mol. The van der Waals surface area contributed by atoms with Crippen molar-refractivity contribution in [3.05, 3.63) is 23.9 Å². The second kappa shape index (κ2) is 5.98. The number of nitrogens with two attached hydrogens (primary N) is 1. The molecule has 17 heavy (non-hydrogen) atoms. The molecule has 4 heteroatoms. The maximum Gasteiger partial charge on any atom is 0.126 e. The summed E-state index contributed by atoms with van der Waals surface area (Å²) in [6.45, 7) is 4.34. The summed E-state index contributed by atoms with van der Waals surface area (Å²) in [4.78, 5) is 4.12. The van der Waals surface area contributed by atoms with Gasteiger partial charge in [0.15, 0.2) is 0 Å². The molecule has 2 rings (SSSR count). The highest BCUT2D eigenvalue weighted by Gasteiger charge is 2.17. The first-order chi connectivity index (χ1) is 8.27. The third kappa shape index (κ3) is 3.41. The minimum atomic E-state index is 0.240. The molecule has 4 nitrogen and oxygen atoms in total. The van der Waals surface area contributed by atoms with Crippen LogP contribution in [-0.2, 0) is 9.47 Å². The van der Waals surface area contributed by atoms with Crippen molar-refractivity contribution in [1.29, 1.82) is 0 Å². The van der Waals surface area contributed by atoms with E-state index in [0.29, 0.717) is 18.3 Å². The smallest absolute Gasteiger partial charge is 0.126 e. The van der Waals surface area contributed by atoms with Crippen LogP contribution in [0.3, 0.4) is 0 Å². The molecule has 2 N–H and O–H groups in total. The lowest BCUT2D eigenvalue weighted by Gasteiger charge is -2.24. The summed E-state index contributed by atoms with van der Waals surface area (Å²) in [5.74, 6) is 1.05. The predicted octanol–water partition coefficient (Wildman–Crippen LogP) is 1.96. The van der Waals surface area contributed by atoms with Crippen molar-refractivity contribution >= 4 is 5.82 Å². The molecule has 1 aliphatic heterocycles. The first kappa shape index (κ1) is 12.3. The Kier molecular flexibility index (Phi) is 4.34. The van der Waals surface area contributed by atoms with E-state index in [0.717, 1.165) is 31.6 Å². The Morgan fingerprint density at radius 1 is 1.53 bits per heavy atom. The molecule has 0 saturated carbocycles. The van der Waals surface area contributed by atoms with Gasteiger partial charge < -0.3 is 15.2 Å². The van der Waals surface area contributed by atoms with Crippen LogP contribution >= 0.6 is 0 Å². The van der Waals surface area contributed by atoms with Gasteiger partial charge in [-0.2, -0.15) is 0 Å². The molecule has 0 radical (unpaired) electrons. The fourth-order valence-corrected chi connectivity index (χ4v) is 2.14. The van der Waals surface area contributed by atoms with Gasteiger partial charge in [-0.1, -0.05) is 13.0 Å². The molecular formula is C13H20N2O2. The van der Waals surface area contributed by atoms with Gasteiger partial charge in [-0.05, 0) is 30.4 Å². The molecule has 94 valence electrons. The first-order valence-corrected chi connectivity index (χ1v) is 6.17. The Hall–Kier alpha value is -1.13. The highest BCUT2D eigenvalue weighted by atomic mass is 16.6. The van der Waals surface area contributed by atoms with Crippen LogP contribution in [0.1, 0.15) is 31.2 Å². The monoisotopic (exact) mass is 236 g/mol. The quantitative estimate of drug-likeness (QED) is 0.868. The summed E-state index contributed by atoms with van der Waals surface area (Å²) in [5, 5.41) is 0. The zero-order valence-corrected chi connectivity index (χ0v) is 10.3. The topological polar surface area (TPSA) is 57.4 Å². The molecule has 1 aromatic heterocycles. The van der Waals surface area contributed by atoms with Crippen LogP contribution in [0, 0.1) is 0 Å². The molecule has 0 aromatic carbocycles. The molecule has 1 unspecified atom stereocenters. The van der Waals surface area contributed by atoms with E-state index in [2.05, 4.69) is 11.9 Å². The zero-order valence-electron chi connectivity index (χ0n) is 10.3. The number of anilines is 1. The summed E-state index contributed by atoms with van der Waals surface area (Å²) >= 11 is 0. The number of ether oxygens (including phenoxy) is 2. The Morgan fingerprint density at radius 3 is 3.12 bits per heavy atom. The number of aromatic nitrogens is 1. The average Bonchev–Trinajstić information content (AvgIpc) is 2.38. The van der Waals surface area contributed by atoms with Crippen LogP contribution in [-0.4, -0.2) is 30.9 Å². The summed E-state index contributed by atoms with van der Waals surface area (Å²) in [6.07, 6.45) is 4.02. The van der Waals surface area contributed by atoms with Crippen molar-refractivity contribution < 1.29 is 9.47 Å². The fraction of sp³-hybridized carbons (Fsp3) is 0.615. The lowest BCUT2D eigenvalue weighted by molar-refractivity contribution is -0.0914. The molecule has 0 aliphatic carbocycles. The van der Waals surface area contributed by atoms with E-state index in [9.17, 15) is 0 Å². The van der Waals surface area contributed by atoms with E-state index in [1.165, 1.54) is 0 Å². The minimum absolute atomic E-state index is 0.240. The second-order valence-electron chi connectivity index (χ2n) is 4.52. The van der Waals surface area contributed by atoms with E-state index < -0.39 is 0 Å². The Balaban J connectivity index is 1.84. The van der Waals surface area contributed by atoms with Gasteiger partial charge in [0.2, 0.25) is 0 Å². The van der Waals surface area contributed by atoms with Crippen molar-refractivity contribution in [1.82, 2.24) is 4.98 Å². The molecule has 0 amide bonds. The van der Waals surface area contributed by atoms with Gasteiger partial charge in [-0.25, -0.2) is 4.98 Å². The average molecular weight is 236 g/mol. The van der Waals surface area contributed by atoms with Crippen LogP contribution in [0.25, 0.3) is 0 Å². The second-order valence-corrected chi connectivity index (χ2v) is 4.52. The van der Waals surface area contributed by atoms with E-state index in [1.807, 2.05) is 12.1 Å². The third-order valence-electron chi connectivity index (χ3n) is 3.21. The van der Waals surface area contributed by atoms with Crippen LogP contribution in [0.15, 0.2) is 18.3 Å². The van der Waals surface area contributed by atoms with Crippen LogP contribution in [0.5, 0.6) is 0 Å². The normalized spacial score (nSPS) is 22.3. The van der Waals surface area contributed by atoms with E-state index >= 15 is 0 Å². The first-order valence-electron chi connectivity index (χ1n) is 6.17. The highest BCUT2D eigenvalue weighted by molar-refractivity contribution is 5.40. The molecule has 2 heterocycles. The molecule has 1 saturated heterocycles. The number of nitrogens with zero attached hydrogens (tertiary/aromatic N) is 1. The maximum atomic E-state index is 5.86. The van der Waals surface area contributed by atoms with Crippen LogP contribution < -0.4 is 5.73 Å². The third-order valence-corrected chi connectivity index (χ3v) is 3.21. The summed E-state index contributed by atoms with van der Waals surface area (Å²) in [5.41, 5.74) is 6.99. The zero-order chi connectivity index (χ0) is 12.1. The molecule has 0 bridgehead atoms. The standard InChI is InChI=1S/C13H20N2O2/c1-10(12-3-2-6-15-13(12)14)4-5-11-9-16-7-8-17-11/h2-3,6,10-11H,4-5,7-9H2,1H3,(H2,14,15)/t10-,11?/m1/s1. The number of hydrogen-bond donors (Lipinski definition) is 1. The van der Waals surface area contributed by atoms with Gasteiger partial charge in [0, 0.05) is 6.20 Å². The van der Waals surface area contributed by atoms with Gasteiger partial charge in [0.1, 0.15) is 5.82 Å². The van der Waals surface area contributed by atoms with Gasteiger partial charge in [0.05, 0.1) is 25.9 Å². The Morgan fingerprint density at radius 2 is 2.41 bits per heavy atom. The highest BCUT2D eigenvalue weighted by Crippen LogP contribution is 2.25. The Labute approximate surface area is 102 Å². The van der Waals surface area contributed by atoms with Crippen molar-refractivity contribution in [2.75, 3.05) is 25.6 Å². The van der Waals surface area contributed by atoms with Crippen LogP contribution in [0.4, 0.5) is 5.82 Å². The van der Waals surface area contributed by atoms with E-state index in [1.54, 1.807) is 6.20 Å². The van der Waals surface area contributed by atoms with Crippen molar-refractivity contribution in [3.8, 4) is 0 Å². The van der Waals surface area contributed by atoms with Crippen LogP contribution in [0.2, 0.25) is 0 Å². The van der Waals surface area contributed by atoms with Gasteiger partial charge in [-0.15, -0.1) is 0 Å². The molecule has 1 fully saturated rings.